The van der Waals surface area contributed by atoms with E-state index in [9.17, 15) is 10.1 Å². The van der Waals surface area contributed by atoms with E-state index in [2.05, 4.69) is 0 Å². The van der Waals surface area contributed by atoms with Crippen molar-refractivity contribution in [3.05, 3.63) is 74.8 Å². The largest absolute Gasteiger partial charge is 0.365 e. The monoisotopic (exact) mass is 351 g/mol. The Kier molecular flexibility index (Phi) is 4.85. The number of rotatable bonds is 3. The van der Waals surface area contributed by atoms with Gasteiger partial charge >= 0.3 is 0 Å². The summed E-state index contributed by atoms with van der Waals surface area (Å²) >= 11 is 12.7. The molecule has 1 fully saturated rings. The van der Waals surface area contributed by atoms with Crippen LogP contribution >= 0.6 is 23.2 Å². The molecule has 2 aromatic rings. The van der Waals surface area contributed by atoms with Crippen molar-refractivity contribution in [2.45, 2.75) is 30.4 Å². The van der Waals surface area contributed by atoms with Crippen LogP contribution in [0.15, 0.2) is 48.5 Å². The van der Waals surface area contributed by atoms with Crippen LogP contribution in [0.2, 0.25) is 5.02 Å². The summed E-state index contributed by atoms with van der Waals surface area (Å²) in [6.45, 7) is 0. The van der Waals surface area contributed by atoms with Crippen LogP contribution in [0.5, 0.6) is 0 Å². The van der Waals surface area contributed by atoms with Gasteiger partial charge in [-0.3, -0.25) is 10.1 Å². The molecule has 23 heavy (non-hydrogen) atoms. The second-order valence-corrected chi connectivity index (χ2v) is 6.58. The summed E-state index contributed by atoms with van der Waals surface area (Å²) in [6, 6.07) is 14.0. The second kappa shape index (κ2) is 6.87. The van der Waals surface area contributed by atoms with Crippen molar-refractivity contribution in [3.63, 3.8) is 0 Å². The maximum Gasteiger partial charge on any atom is 0.269 e. The van der Waals surface area contributed by atoms with Gasteiger partial charge in [0.25, 0.3) is 5.69 Å². The summed E-state index contributed by atoms with van der Waals surface area (Å²) in [5.41, 5.74) is 1.87. The normalized spacial score (nSPS) is 24.3. The number of benzene rings is 2. The van der Waals surface area contributed by atoms with Crippen molar-refractivity contribution in [1.29, 1.82) is 0 Å². The van der Waals surface area contributed by atoms with Crippen LogP contribution in [0.3, 0.4) is 0 Å². The topological polar surface area (TPSA) is 52.4 Å². The smallest absolute Gasteiger partial charge is 0.269 e. The Morgan fingerprint density at radius 2 is 1.70 bits per heavy atom. The number of non-ortho nitro benzene ring substituents is 1. The number of hydrogen-bond acceptors (Lipinski definition) is 3. The Labute approximate surface area is 144 Å². The van der Waals surface area contributed by atoms with Gasteiger partial charge in [0.1, 0.15) is 0 Å². The van der Waals surface area contributed by atoms with Crippen LogP contribution in [0.1, 0.15) is 36.2 Å². The van der Waals surface area contributed by atoms with Crippen molar-refractivity contribution in [2.24, 2.45) is 0 Å². The van der Waals surface area contributed by atoms with Crippen molar-refractivity contribution < 1.29 is 9.66 Å². The fourth-order valence-corrected chi connectivity index (χ4v) is 3.41. The van der Waals surface area contributed by atoms with Crippen LogP contribution in [0, 0.1) is 10.1 Å². The van der Waals surface area contributed by atoms with Gasteiger partial charge in [-0.05, 0) is 42.2 Å². The Balaban J connectivity index is 1.83. The molecule has 1 aliphatic rings. The van der Waals surface area contributed by atoms with Crippen molar-refractivity contribution in [2.75, 3.05) is 0 Å². The quantitative estimate of drug-likeness (QED) is 0.419. The number of nitrogens with zero attached hydrogens (tertiary/aromatic N) is 1. The van der Waals surface area contributed by atoms with Crippen molar-refractivity contribution in [3.8, 4) is 0 Å². The third kappa shape index (κ3) is 3.66. The molecule has 0 aromatic heterocycles. The van der Waals surface area contributed by atoms with Crippen LogP contribution in [0.25, 0.3) is 0 Å². The fourth-order valence-electron chi connectivity index (χ4n) is 2.83. The first-order valence-electron chi connectivity index (χ1n) is 7.33. The molecule has 0 spiro atoms. The number of alkyl halides is 1. The zero-order chi connectivity index (χ0) is 16.4. The molecule has 3 atom stereocenters. The van der Waals surface area contributed by atoms with Gasteiger partial charge in [-0.25, -0.2) is 0 Å². The molecule has 0 amide bonds. The highest BCUT2D eigenvalue weighted by Gasteiger charge is 2.31. The molecule has 2 aromatic carbocycles. The summed E-state index contributed by atoms with van der Waals surface area (Å²) in [6.07, 6.45) is 0.975. The average molecular weight is 352 g/mol. The van der Waals surface area contributed by atoms with Crippen molar-refractivity contribution >= 4 is 28.9 Å². The first kappa shape index (κ1) is 16.2. The molecule has 3 rings (SSSR count). The van der Waals surface area contributed by atoms with Gasteiger partial charge in [0, 0.05) is 22.5 Å². The van der Waals surface area contributed by atoms with E-state index < -0.39 is 4.92 Å². The molecule has 6 heteroatoms. The molecule has 0 saturated carbocycles. The predicted molar refractivity (Wildman–Crippen MR) is 90.0 cm³/mol. The number of hydrogen-bond donors (Lipinski definition) is 0. The van der Waals surface area contributed by atoms with Gasteiger partial charge in [0.05, 0.1) is 17.1 Å². The second-order valence-electron chi connectivity index (χ2n) is 5.55. The third-order valence-corrected chi connectivity index (χ3v) is 4.70. The summed E-state index contributed by atoms with van der Waals surface area (Å²) in [7, 11) is 0. The van der Waals surface area contributed by atoms with E-state index in [1.54, 1.807) is 12.1 Å². The Morgan fingerprint density at radius 1 is 1.04 bits per heavy atom. The standard InChI is InChI=1S/C17H15Cl2NO3/c18-12-9-16(11-5-7-13(8-6-11)20(21)22)23-17(10-12)14-3-1-2-4-15(14)19/h1-8,12,16-17H,9-10H2/t12-,16-,17+/m0/s1. The van der Waals surface area contributed by atoms with Crippen LogP contribution in [-0.4, -0.2) is 10.3 Å². The molecule has 1 saturated heterocycles. The van der Waals surface area contributed by atoms with Crippen LogP contribution in [0.4, 0.5) is 5.69 Å². The maximum absolute atomic E-state index is 10.8. The highest BCUT2D eigenvalue weighted by molar-refractivity contribution is 6.31. The summed E-state index contributed by atoms with van der Waals surface area (Å²) in [5, 5.41) is 11.4. The molecule has 0 aliphatic carbocycles. The zero-order valence-electron chi connectivity index (χ0n) is 12.2. The van der Waals surface area contributed by atoms with E-state index in [1.807, 2.05) is 24.3 Å². The summed E-state index contributed by atoms with van der Waals surface area (Å²) in [5.74, 6) is 0. The van der Waals surface area contributed by atoms with E-state index in [4.69, 9.17) is 27.9 Å². The number of halogens is 2. The van der Waals surface area contributed by atoms with E-state index >= 15 is 0 Å². The minimum absolute atomic E-state index is 0.0368. The molecule has 4 nitrogen and oxygen atoms in total. The van der Waals surface area contributed by atoms with E-state index in [-0.39, 0.29) is 23.3 Å². The first-order valence-corrected chi connectivity index (χ1v) is 8.14. The van der Waals surface area contributed by atoms with Crippen LogP contribution in [-0.2, 0) is 4.74 Å². The molecule has 1 heterocycles. The summed E-state index contributed by atoms with van der Waals surface area (Å²) < 4.78 is 6.17. The molecule has 0 N–H and O–H groups in total. The van der Waals surface area contributed by atoms with E-state index in [1.165, 1.54) is 12.1 Å². The minimum atomic E-state index is -0.414. The highest BCUT2D eigenvalue weighted by Crippen LogP contribution is 2.42. The zero-order valence-corrected chi connectivity index (χ0v) is 13.7. The fraction of sp³-hybridized carbons (Fsp3) is 0.294. The third-order valence-electron chi connectivity index (χ3n) is 4.00. The van der Waals surface area contributed by atoms with Crippen molar-refractivity contribution in [1.82, 2.24) is 0 Å². The molecule has 0 unspecified atom stereocenters. The van der Waals surface area contributed by atoms with Gasteiger partial charge in [0.15, 0.2) is 0 Å². The Hall–Kier alpha value is -1.62. The molecule has 0 radical (unpaired) electrons. The molecule has 1 aliphatic heterocycles. The molecule has 120 valence electrons. The highest BCUT2D eigenvalue weighted by atomic mass is 35.5. The maximum atomic E-state index is 10.8. The lowest BCUT2D eigenvalue weighted by Gasteiger charge is -2.33. The van der Waals surface area contributed by atoms with E-state index in [0.717, 1.165) is 11.1 Å². The minimum Gasteiger partial charge on any atom is -0.365 e. The van der Waals surface area contributed by atoms with Gasteiger partial charge in [-0.15, -0.1) is 11.6 Å². The van der Waals surface area contributed by atoms with E-state index in [0.29, 0.717) is 17.9 Å². The van der Waals surface area contributed by atoms with Gasteiger partial charge < -0.3 is 4.74 Å². The SMILES string of the molecule is O=[N+]([O-])c1ccc([C@@H]2C[C@H](Cl)C[C@H](c3ccccc3Cl)O2)cc1. The number of ether oxygens (including phenoxy) is 1. The molecular weight excluding hydrogens is 337 g/mol. The number of nitro groups is 1. The van der Waals surface area contributed by atoms with Gasteiger partial charge in [-0.1, -0.05) is 29.8 Å². The lowest BCUT2D eigenvalue weighted by molar-refractivity contribution is -0.384. The lowest BCUT2D eigenvalue weighted by Crippen LogP contribution is -2.23. The van der Waals surface area contributed by atoms with Crippen LogP contribution < -0.4 is 0 Å². The first-order chi connectivity index (χ1) is 11.0. The van der Waals surface area contributed by atoms with Gasteiger partial charge in [0.2, 0.25) is 0 Å². The Bertz CT molecular complexity index is 705. The molecular formula is C17H15Cl2NO3. The molecule has 0 bridgehead atoms. The average Bonchev–Trinajstić information content (AvgIpc) is 2.55. The predicted octanol–water partition coefficient (Wildman–Crippen LogP) is 5.45. The van der Waals surface area contributed by atoms with Gasteiger partial charge in [-0.2, -0.15) is 0 Å². The Morgan fingerprint density at radius 3 is 2.35 bits per heavy atom. The number of nitro benzene ring substituents is 1. The summed E-state index contributed by atoms with van der Waals surface area (Å²) in [4.78, 5) is 10.3. The lowest BCUT2D eigenvalue weighted by atomic mass is 9.94.